The van der Waals surface area contributed by atoms with Crippen LogP contribution in [-0.2, 0) is 11.3 Å². The number of hydrogen-bond donors (Lipinski definition) is 2. The zero-order valence-corrected chi connectivity index (χ0v) is 18.6. The molecular weight excluding hydrogens is 458 g/mol. The van der Waals surface area contributed by atoms with Crippen molar-refractivity contribution >= 4 is 39.4 Å². The Kier molecular flexibility index (Phi) is 6.66. The molecule has 31 heavy (non-hydrogen) atoms. The average Bonchev–Trinajstić information content (AvgIpc) is 3.22. The molecule has 1 saturated heterocycles. The smallest absolute Gasteiger partial charge is 0.321 e. The molecule has 1 aliphatic rings. The summed E-state index contributed by atoms with van der Waals surface area (Å²) in [5.74, 6) is 0.305. The number of aromatic nitrogens is 2. The van der Waals surface area contributed by atoms with Gasteiger partial charge in [-0.25, -0.2) is 9.48 Å². The molecule has 1 unspecified atom stereocenters. The highest BCUT2D eigenvalue weighted by Crippen LogP contribution is 2.21. The quantitative estimate of drug-likeness (QED) is 0.559. The number of nitrogens with zero attached hydrogens (tertiary/aromatic N) is 3. The summed E-state index contributed by atoms with van der Waals surface area (Å²) in [6, 6.07) is 18.9. The van der Waals surface area contributed by atoms with Crippen LogP contribution in [-0.4, -0.2) is 39.7 Å². The van der Waals surface area contributed by atoms with Crippen molar-refractivity contribution in [1.29, 1.82) is 0 Å². The Morgan fingerprint density at radius 3 is 2.58 bits per heavy atom. The van der Waals surface area contributed by atoms with Crippen molar-refractivity contribution in [3.8, 4) is 0 Å². The molecule has 8 heteroatoms. The van der Waals surface area contributed by atoms with Gasteiger partial charge in [-0.2, -0.15) is 5.10 Å². The van der Waals surface area contributed by atoms with Crippen LogP contribution < -0.4 is 10.6 Å². The minimum atomic E-state index is -0.258. The average molecular weight is 482 g/mol. The Hall–Kier alpha value is -3.13. The van der Waals surface area contributed by atoms with Gasteiger partial charge >= 0.3 is 6.03 Å². The summed E-state index contributed by atoms with van der Waals surface area (Å²) >= 11 is 3.44. The fourth-order valence-corrected chi connectivity index (χ4v) is 3.92. The molecule has 1 atom stereocenters. The second kappa shape index (κ2) is 9.78. The Labute approximate surface area is 189 Å². The number of para-hydroxylation sites is 1. The van der Waals surface area contributed by atoms with Crippen molar-refractivity contribution in [3.63, 3.8) is 0 Å². The van der Waals surface area contributed by atoms with Gasteiger partial charge in [0.25, 0.3) is 0 Å². The number of nitrogens with one attached hydrogen (secondary N) is 2. The number of benzene rings is 2. The molecular formula is C23H24BrN5O2. The van der Waals surface area contributed by atoms with Crippen molar-refractivity contribution in [2.24, 2.45) is 5.92 Å². The van der Waals surface area contributed by atoms with Crippen LogP contribution >= 0.6 is 15.9 Å². The van der Waals surface area contributed by atoms with Gasteiger partial charge < -0.3 is 15.5 Å². The Balaban J connectivity index is 1.36. The van der Waals surface area contributed by atoms with Crippen LogP contribution in [0, 0.1) is 5.92 Å². The molecule has 0 radical (unpaired) electrons. The summed E-state index contributed by atoms with van der Waals surface area (Å²) in [6.45, 7) is 1.60. The summed E-state index contributed by atoms with van der Waals surface area (Å²) in [4.78, 5) is 27.2. The van der Waals surface area contributed by atoms with Crippen LogP contribution in [0.1, 0.15) is 18.4 Å². The first-order valence-corrected chi connectivity index (χ1v) is 11.1. The number of carbonyl (C=O) groups excluding carboxylic acids is 2. The maximum absolute atomic E-state index is 12.9. The monoisotopic (exact) mass is 481 g/mol. The van der Waals surface area contributed by atoms with Crippen LogP contribution in [0.15, 0.2) is 71.3 Å². The Morgan fingerprint density at radius 1 is 1.03 bits per heavy atom. The number of hydrogen-bond acceptors (Lipinski definition) is 3. The van der Waals surface area contributed by atoms with E-state index in [1.54, 1.807) is 21.8 Å². The fraction of sp³-hybridized carbons (Fsp3) is 0.261. The van der Waals surface area contributed by atoms with Crippen LogP contribution in [0.5, 0.6) is 0 Å². The lowest BCUT2D eigenvalue weighted by Crippen LogP contribution is -2.45. The molecule has 2 heterocycles. The van der Waals surface area contributed by atoms with E-state index in [4.69, 9.17) is 0 Å². The van der Waals surface area contributed by atoms with Gasteiger partial charge in [0.2, 0.25) is 5.91 Å². The summed E-state index contributed by atoms with van der Waals surface area (Å²) in [6.07, 6.45) is 3.22. The molecule has 1 aromatic heterocycles. The third kappa shape index (κ3) is 5.52. The number of piperidine rings is 1. The highest BCUT2D eigenvalue weighted by Gasteiger charge is 2.29. The minimum Gasteiger partial charge on any atom is -0.324 e. The highest BCUT2D eigenvalue weighted by molar-refractivity contribution is 9.10. The summed E-state index contributed by atoms with van der Waals surface area (Å²) < 4.78 is 2.78. The predicted octanol–water partition coefficient (Wildman–Crippen LogP) is 4.58. The summed E-state index contributed by atoms with van der Waals surface area (Å²) in [7, 11) is 0. The maximum atomic E-state index is 12.9. The molecule has 1 fully saturated rings. The molecule has 160 valence electrons. The Bertz CT molecular complexity index is 1040. The third-order valence-electron chi connectivity index (χ3n) is 5.32. The zero-order chi connectivity index (χ0) is 21.6. The van der Waals surface area contributed by atoms with Crippen molar-refractivity contribution in [1.82, 2.24) is 14.7 Å². The molecule has 0 saturated carbocycles. The highest BCUT2D eigenvalue weighted by atomic mass is 79.9. The van der Waals surface area contributed by atoms with E-state index >= 15 is 0 Å². The van der Waals surface area contributed by atoms with E-state index in [1.165, 1.54) is 0 Å². The molecule has 1 aliphatic heterocycles. The lowest BCUT2D eigenvalue weighted by atomic mass is 9.97. The lowest BCUT2D eigenvalue weighted by molar-refractivity contribution is -0.121. The van der Waals surface area contributed by atoms with Crippen molar-refractivity contribution in [3.05, 3.63) is 76.9 Å². The van der Waals surface area contributed by atoms with Gasteiger partial charge in [0.05, 0.1) is 18.7 Å². The van der Waals surface area contributed by atoms with E-state index in [0.29, 0.717) is 25.5 Å². The molecule has 0 spiro atoms. The van der Waals surface area contributed by atoms with Gasteiger partial charge in [-0.3, -0.25) is 4.79 Å². The number of amides is 3. The van der Waals surface area contributed by atoms with Gasteiger partial charge in [0.15, 0.2) is 0 Å². The Morgan fingerprint density at radius 2 is 1.81 bits per heavy atom. The SMILES string of the molecule is O=C(Nc1ccnn1Cc1ccc(Br)cc1)C1CCCN(C(=O)Nc2ccccc2)C1. The predicted molar refractivity (Wildman–Crippen MR) is 124 cm³/mol. The molecule has 3 aromatic rings. The molecule has 4 rings (SSSR count). The van der Waals surface area contributed by atoms with Gasteiger partial charge in [-0.05, 0) is 42.7 Å². The van der Waals surface area contributed by atoms with Gasteiger partial charge in [-0.1, -0.05) is 46.3 Å². The summed E-state index contributed by atoms with van der Waals surface area (Å²) in [5.41, 5.74) is 1.83. The number of carbonyl (C=O) groups is 2. The minimum absolute atomic E-state index is 0.0882. The van der Waals surface area contributed by atoms with Crippen molar-refractivity contribution in [2.45, 2.75) is 19.4 Å². The molecule has 3 amide bonds. The number of urea groups is 1. The standard InChI is InChI=1S/C23H24BrN5O2/c24-19-10-8-17(9-11-19)15-29-21(12-13-25-29)27-22(30)18-5-4-14-28(16-18)23(31)26-20-6-2-1-3-7-20/h1-3,6-13,18H,4-5,14-16H2,(H,26,31)(H,27,30). The van der Waals surface area contributed by atoms with E-state index in [0.717, 1.165) is 28.6 Å². The van der Waals surface area contributed by atoms with Gasteiger partial charge in [0.1, 0.15) is 5.82 Å². The van der Waals surface area contributed by atoms with Crippen LogP contribution in [0.2, 0.25) is 0 Å². The summed E-state index contributed by atoms with van der Waals surface area (Å²) in [5, 5.41) is 10.2. The second-order valence-electron chi connectivity index (χ2n) is 7.57. The normalized spacial score (nSPS) is 16.0. The lowest BCUT2D eigenvalue weighted by Gasteiger charge is -2.32. The molecule has 0 bridgehead atoms. The first-order chi connectivity index (χ1) is 15.1. The van der Waals surface area contributed by atoms with Crippen LogP contribution in [0.25, 0.3) is 0 Å². The molecule has 2 aromatic carbocycles. The second-order valence-corrected chi connectivity index (χ2v) is 8.49. The van der Waals surface area contributed by atoms with Crippen LogP contribution in [0.4, 0.5) is 16.3 Å². The van der Waals surface area contributed by atoms with E-state index < -0.39 is 0 Å². The fourth-order valence-electron chi connectivity index (χ4n) is 3.66. The maximum Gasteiger partial charge on any atom is 0.321 e. The van der Waals surface area contributed by atoms with E-state index in [9.17, 15) is 9.59 Å². The number of likely N-dealkylation sites (tertiary alicyclic amines) is 1. The molecule has 0 aliphatic carbocycles. The number of anilines is 2. The number of rotatable bonds is 5. The molecule has 7 nitrogen and oxygen atoms in total. The van der Waals surface area contributed by atoms with Crippen molar-refractivity contribution in [2.75, 3.05) is 23.7 Å². The van der Waals surface area contributed by atoms with E-state index in [2.05, 4.69) is 31.7 Å². The first kappa shape index (κ1) is 21.1. The zero-order valence-electron chi connectivity index (χ0n) is 17.0. The topological polar surface area (TPSA) is 79.3 Å². The van der Waals surface area contributed by atoms with Gasteiger partial charge in [-0.15, -0.1) is 0 Å². The number of halogens is 1. The van der Waals surface area contributed by atoms with Gasteiger partial charge in [0, 0.05) is 29.3 Å². The van der Waals surface area contributed by atoms with Crippen LogP contribution in [0.3, 0.4) is 0 Å². The van der Waals surface area contributed by atoms with E-state index in [1.807, 2.05) is 54.6 Å². The largest absolute Gasteiger partial charge is 0.324 e. The van der Waals surface area contributed by atoms with E-state index in [-0.39, 0.29) is 17.9 Å². The third-order valence-corrected chi connectivity index (χ3v) is 5.85. The first-order valence-electron chi connectivity index (χ1n) is 10.3. The molecule has 2 N–H and O–H groups in total. The van der Waals surface area contributed by atoms with Crippen molar-refractivity contribution < 1.29 is 9.59 Å².